The molecule has 0 saturated heterocycles. The van der Waals surface area contributed by atoms with E-state index in [0.717, 1.165) is 33.7 Å². The molecule has 1 aliphatic heterocycles. The summed E-state index contributed by atoms with van der Waals surface area (Å²) in [5, 5.41) is 2.43. The Hall–Kier alpha value is -4.93. The molecule has 0 atom stereocenters. The Kier molecular flexibility index (Phi) is 5.61. The van der Waals surface area contributed by atoms with Crippen molar-refractivity contribution in [3.05, 3.63) is 138 Å². The van der Waals surface area contributed by atoms with Crippen LogP contribution in [0.3, 0.4) is 0 Å². The summed E-state index contributed by atoms with van der Waals surface area (Å²) in [6.45, 7) is 2.15. The summed E-state index contributed by atoms with van der Waals surface area (Å²) in [4.78, 5) is 12.7. The van der Waals surface area contributed by atoms with Crippen molar-refractivity contribution < 1.29 is 0 Å². The van der Waals surface area contributed by atoms with Crippen LogP contribution < -0.4 is 0 Å². The average Bonchev–Trinajstić information content (AvgIpc) is 3.23. The molecule has 41 heavy (non-hydrogen) atoms. The third kappa shape index (κ3) is 4.16. The maximum atomic E-state index is 5.18. The molecule has 0 bridgehead atoms. The largest absolute Gasteiger partial charge is 0.294 e. The van der Waals surface area contributed by atoms with Crippen LogP contribution in [0.25, 0.3) is 62.4 Å². The number of rotatable bonds is 3. The van der Waals surface area contributed by atoms with Crippen molar-refractivity contribution >= 4 is 45.7 Å². The van der Waals surface area contributed by atoms with Gasteiger partial charge < -0.3 is 0 Å². The van der Waals surface area contributed by atoms with Gasteiger partial charge in [-0.2, -0.15) is 0 Å². The number of hydrogen-bond donors (Lipinski definition) is 0. The van der Waals surface area contributed by atoms with Crippen LogP contribution in [0.15, 0.2) is 131 Å². The van der Waals surface area contributed by atoms with E-state index in [2.05, 4.69) is 121 Å². The van der Waals surface area contributed by atoms with E-state index in [1.807, 2.05) is 36.0 Å². The van der Waals surface area contributed by atoms with Crippen LogP contribution >= 0.6 is 11.8 Å². The Balaban J connectivity index is 1.41. The third-order valence-corrected chi connectivity index (χ3v) is 8.84. The maximum absolute atomic E-state index is 5.18. The van der Waals surface area contributed by atoms with Crippen LogP contribution in [0.5, 0.6) is 0 Å². The minimum Gasteiger partial charge on any atom is -0.294 e. The zero-order chi connectivity index (χ0) is 27.3. The first-order valence-electron chi connectivity index (χ1n) is 13.8. The van der Waals surface area contributed by atoms with Crippen LogP contribution in [0.1, 0.15) is 16.7 Å². The molecule has 194 valence electrons. The smallest absolute Gasteiger partial charge is 0.162 e. The van der Waals surface area contributed by atoms with Gasteiger partial charge in [-0.3, -0.25) is 4.57 Å². The summed E-state index contributed by atoms with van der Waals surface area (Å²) in [7, 11) is 0. The molecule has 0 saturated carbocycles. The molecule has 1 aliphatic rings. The van der Waals surface area contributed by atoms with Crippen molar-refractivity contribution in [2.75, 3.05) is 0 Å². The first kappa shape index (κ1) is 23.9. The summed E-state index contributed by atoms with van der Waals surface area (Å²) < 4.78 is 2.30. The summed E-state index contributed by atoms with van der Waals surface area (Å²) in [6, 6.07) is 42.7. The fraction of sp³-hybridized carbons (Fsp3) is 0.0270. The Morgan fingerprint density at radius 2 is 1.27 bits per heavy atom. The Bertz CT molecular complexity index is 2070. The molecule has 3 nitrogen and oxygen atoms in total. The summed E-state index contributed by atoms with van der Waals surface area (Å²) in [5.41, 5.74) is 9.00. The fourth-order valence-corrected chi connectivity index (χ4v) is 6.72. The van der Waals surface area contributed by atoms with Crippen molar-refractivity contribution in [3.8, 4) is 28.5 Å². The van der Waals surface area contributed by atoms with E-state index in [-0.39, 0.29) is 0 Å². The highest BCUT2D eigenvalue weighted by Gasteiger charge is 2.19. The van der Waals surface area contributed by atoms with E-state index < -0.39 is 0 Å². The van der Waals surface area contributed by atoms with E-state index in [9.17, 15) is 0 Å². The first-order chi connectivity index (χ1) is 20.2. The van der Waals surface area contributed by atoms with Gasteiger partial charge in [0.05, 0.1) is 16.7 Å². The van der Waals surface area contributed by atoms with Gasteiger partial charge in [0, 0.05) is 37.8 Å². The second-order valence-corrected chi connectivity index (χ2v) is 11.5. The van der Waals surface area contributed by atoms with Crippen LogP contribution in [-0.2, 0) is 0 Å². The minimum absolute atomic E-state index is 0.712. The molecular formula is C37H25N3S. The van der Waals surface area contributed by atoms with E-state index >= 15 is 0 Å². The Labute approximate surface area is 242 Å². The van der Waals surface area contributed by atoms with E-state index in [1.54, 1.807) is 0 Å². The lowest BCUT2D eigenvalue weighted by atomic mass is 10.1. The third-order valence-electron chi connectivity index (χ3n) is 7.68. The topological polar surface area (TPSA) is 30.7 Å². The van der Waals surface area contributed by atoms with Crippen molar-refractivity contribution in [2.24, 2.45) is 0 Å². The van der Waals surface area contributed by atoms with E-state index in [0.29, 0.717) is 5.82 Å². The SMILES string of the molecule is Cc1ccc2c(c1)C=Cc1cc3c4ccccc4n(-c4cc(-c5ccccc5)nc(-c5ccccc5)n4)c3cc1S2. The molecule has 0 spiro atoms. The first-order valence-corrected chi connectivity index (χ1v) is 14.6. The number of benzene rings is 5. The molecule has 3 heterocycles. The second-order valence-electron chi connectivity index (χ2n) is 10.4. The highest BCUT2D eigenvalue weighted by Crippen LogP contribution is 2.42. The monoisotopic (exact) mass is 543 g/mol. The standard InChI is InChI=1S/C37H25N3S/c1-24-16-19-34-27(20-24)17-18-28-21-30-29-14-8-9-15-32(29)40(33(30)23-35(28)41-34)36-22-31(25-10-4-2-5-11-25)38-37(39-36)26-12-6-3-7-13-26/h2-23H,1H3. The number of fused-ring (bicyclic) bond motifs is 5. The lowest BCUT2D eigenvalue weighted by Gasteiger charge is -2.13. The molecule has 0 unspecified atom stereocenters. The summed E-state index contributed by atoms with van der Waals surface area (Å²) in [5.74, 6) is 1.57. The van der Waals surface area contributed by atoms with Gasteiger partial charge in [0.25, 0.3) is 0 Å². The molecular weight excluding hydrogens is 518 g/mol. The van der Waals surface area contributed by atoms with Crippen molar-refractivity contribution in [1.82, 2.24) is 14.5 Å². The molecule has 0 fully saturated rings. The molecule has 0 amide bonds. The Morgan fingerprint density at radius 3 is 2.07 bits per heavy atom. The number of para-hydroxylation sites is 1. The fourth-order valence-electron chi connectivity index (χ4n) is 5.69. The van der Waals surface area contributed by atoms with Gasteiger partial charge in [0.2, 0.25) is 0 Å². The zero-order valence-electron chi connectivity index (χ0n) is 22.5. The number of aromatic nitrogens is 3. The van der Waals surface area contributed by atoms with E-state index in [4.69, 9.17) is 9.97 Å². The van der Waals surface area contributed by atoms with Gasteiger partial charge >= 0.3 is 0 Å². The summed E-state index contributed by atoms with van der Waals surface area (Å²) in [6.07, 6.45) is 4.50. The normalized spacial score (nSPS) is 12.3. The number of nitrogens with zero attached hydrogens (tertiary/aromatic N) is 3. The van der Waals surface area contributed by atoms with Gasteiger partial charge in [-0.05, 0) is 42.3 Å². The van der Waals surface area contributed by atoms with Gasteiger partial charge in [-0.15, -0.1) is 0 Å². The molecule has 7 aromatic rings. The average molecular weight is 544 g/mol. The molecule has 5 aromatic carbocycles. The van der Waals surface area contributed by atoms with Crippen LogP contribution in [0, 0.1) is 6.92 Å². The number of aryl methyl sites for hydroxylation is 1. The number of hydrogen-bond acceptors (Lipinski definition) is 3. The molecule has 0 aliphatic carbocycles. The van der Waals surface area contributed by atoms with Crippen LogP contribution in [-0.4, -0.2) is 14.5 Å². The van der Waals surface area contributed by atoms with Gasteiger partial charge in [-0.25, -0.2) is 9.97 Å². The second kappa shape index (κ2) is 9.61. The van der Waals surface area contributed by atoms with Crippen molar-refractivity contribution in [2.45, 2.75) is 16.7 Å². The van der Waals surface area contributed by atoms with Gasteiger partial charge in [0.15, 0.2) is 5.82 Å². The maximum Gasteiger partial charge on any atom is 0.162 e. The zero-order valence-corrected chi connectivity index (χ0v) is 23.3. The van der Waals surface area contributed by atoms with Crippen LogP contribution in [0.4, 0.5) is 0 Å². The van der Waals surface area contributed by atoms with Gasteiger partial charge in [-0.1, -0.05) is 120 Å². The summed E-state index contributed by atoms with van der Waals surface area (Å²) >= 11 is 1.83. The van der Waals surface area contributed by atoms with Crippen molar-refractivity contribution in [3.63, 3.8) is 0 Å². The van der Waals surface area contributed by atoms with Gasteiger partial charge in [0.1, 0.15) is 5.82 Å². The molecule has 2 aromatic heterocycles. The minimum atomic E-state index is 0.712. The van der Waals surface area contributed by atoms with Crippen molar-refractivity contribution in [1.29, 1.82) is 0 Å². The molecule has 8 rings (SSSR count). The highest BCUT2D eigenvalue weighted by atomic mass is 32.2. The molecule has 0 N–H and O–H groups in total. The highest BCUT2D eigenvalue weighted by molar-refractivity contribution is 7.99. The predicted molar refractivity (Wildman–Crippen MR) is 171 cm³/mol. The Morgan fingerprint density at radius 1 is 0.561 bits per heavy atom. The lowest BCUT2D eigenvalue weighted by Crippen LogP contribution is -2.02. The van der Waals surface area contributed by atoms with Crippen LogP contribution in [0.2, 0.25) is 0 Å². The lowest BCUT2D eigenvalue weighted by molar-refractivity contribution is 1.05. The van der Waals surface area contributed by atoms with E-state index in [1.165, 1.54) is 37.3 Å². The quantitative estimate of drug-likeness (QED) is 0.222. The molecule has 4 heteroatoms. The predicted octanol–water partition coefficient (Wildman–Crippen LogP) is 9.85. The molecule has 0 radical (unpaired) electrons.